The zero-order valence-corrected chi connectivity index (χ0v) is 23.5. The SMILES string of the molecule is C[N+](C)(CCCNS(=O)(=O)CCC(F)(F)C(F)(F)C(F)(F)C(F)(F)C(F)(F)C(F)(F)C(F)(F)C(F)(F)C(F)(F)C(F)(F)F)CC(=O)O. The maximum atomic E-state index is 14.0. The van der Waals surface area contributed by atoms with Gasteiger partial charge in [0.15, 0.2) is 6.54 Å². The van der Waals surface area contributed by atoms with Crippen molar-refractivity contribution in [2.75, 3.05) is 39.5 Å². The van der Waals surface area contributed by atoms with Gasteiger partial charge >= 0.3 is 65.4 Å². The molecule has 0 amide bonds. The van der Waals surface area contributed by atoms with E-state index in [4.69, 9.17) is 5.11 Å². The molecule has 6 nitrogen and oxygen atoms in total. The van der Waals surface area contributed by atoms with Crippen molar-refractivity contribution < 1.29 is 115 Å². The lowest BCUT2D eigenvalue weighted by Gasteiger charge is -2.44. The molecule has 0 aromatic heterocycles. The summed E-state index contributed by atoms with van der Waals surface area (Å²) in [4.78, 5) is 10.7. The average molecular weight is 771 g/mol. The number of quaternary nitrogens is 1. The zero-order chi connectivity index (χ0) is 38.5. The smallest absolute Gasteiger partial charge is 0.460 e. The van der Waals surface area contributed by atoms with Crippen LogP contribution in [0.3, 0.4) is 0 Å². The number of nitrogens with zero attached hydrogens (tertiary/aromatic N) is 1. The number of nitrogens with one attached hydrogen (secondary N) is 1. The average Bonchev–Trinajstić information content (AvgIpc) is 2.83. The molecule has 0 unspecified atom stereocenters. The highest BCUT2D eigenvalue weighted by molar-refractivity contribution is 7.89. The molecule has 0 aromatic carbocycles. The molecule has 0 saturated carbocycles. The van der Waals surface area contributed by atoms with Crippen LogP contribution in [0.4, 0.5) is 92.2 Å². The van der Waals surface area contributed by atoms with E-state index in [1.54, 1.807) is 0 Å². The van der Waals surface area contributed by atoms with E-state index in [0.717, 1.165) is 0 Å². The van der Waals surface area contributed by atoms with Gasteiger partial charge in [0.05, 0.1) is 26.4 Å². The van der Waals surface area contributed by atoms with Crippen molar-refractivity contribution in [1.29, 1.82) is 0 Å². The van der Waals surface area contributed by atoms with Crippen molar-refractivity contribution >= 4 is 16.0 Å². The summed E-state index contributed by atoms with van der Waals surface area (Å²) < 4.78 is 306. The molecular weight excluding hydrogens is 751 g/mol. The molecule has 0 aliphatic rings. The number of rotatable bonds is 18. The molecule has 47 heavy (non-hydrogen) atoms. The van der Waals surface area contributed by atoms with Crippen LogP contribution in [-0.2, 0) is 14.8 Å². The second kappa shape index (κ2) is 12.6. The van der Waals surface area contributed by atoms with Crippen LogP contribution in [0, 0.1) is 0 Å². The topological polar surface area (TPSA) is 83.5 Å². The number of carboxylic acids is 1. The van der Waals surface area contributed by atoms with E-state index in [0.29, 0.717) is 0 Å². The minimum atomic E-state index is -9.29. The normalized spacial score (nSPS) is 16.1. The van der Waals surface area contributed by atoms with Gasteiger partial charge in [-0.3, -0.25) is 0 Å². The number of aliphatic carboxylic acids is 1. The first-order chi connectivity index (χ1) is 20.1. The van der Waals surface area contributed by atoms with Gasteiger partial charge in [0.1, 0.15) is 0 Å². The van der Waals surface area contributed by atoms with E-state index >= 15 is 0 Å². The van der Waals surface area contributed by atoms with Crippen LogP contribution in [0.15, 0.2) is 0 Å². The fraction of sp³-hybridized carbons (Fsp3) is 0.947. The second-order valence-electron chi connectivity index (χ2n) is 10.3. The van der Waals surface area contributed by atoms with Gasteiger partial charge in [-0.25, -0.2) is 17.9 Å². The monoisotopic (exact) mass is 771 g/mol. The van der Waals surface area contributed by atoms with Crippen molar-refractivity contribution in [3.63, 3.8) is 0 Å². The third-order valence-electron chi connectivity index (χ3n) is 6.09. The third-order valence-corrected chi connectivity index (χ3v) is 7.47. The fourth-order valence-corrected chi connectivity index (χ4v) is 4.39. The number of halogens is 21. The van der Waals surface area contributed by atoms with E-state index in [9.17, 15) is 105 Å². The lowest BCUT2D eigenvalue weighted by Crippen LogP contribution is -2.76. The van der Waals surface area contributed by atoms with Crippen LogP contribution in [0.2, 0.25) is 0 Å². The van der Waals surface area contributed by atoms with Gasteiger partial charge in [0.2, 0.25) is 10.0 Å². The van der Waals surface area contributed by atoms with Crippen molar-refractivity contribution in [2.45, 2.75) is 72.3 Å². The minimum Gasteiger partial charge on any atom is -0.477 e. The van der Waals surface area contributed by atoms with E-state index in [1.165, 1.54) is 18.8 Å². The van der Waals surface area contributed by atoms with Crippen molar-refractivity contribution in [1.82, 2.24) is 4.72 Å². The molecule has 0 bridgehead atoms. The number of carboxylic acid groups (broad SMARTS) is 1. The first-order valence-electron chi connectivity index (χ1n) is 11.6. The summed E-state index contributed by atoms with van der Waals surface area (Å²) in [7, 11) is -2.78. The summed E-state index contributed by atoms with van der Waals surface area (Å²) in [5.41, 5.74) is 0. The van der Waals surface area contributed by atoms with Crippen molar-refractivity contribution in [3.8, 4) is 0 Å². The molecule has 282 valence electrons. The Labute approximate surface area is 248 Å². The van der Waals surface area contributed by atoms with E-state index in [2.05, 4.69) is 0 Å². The van der Waals surface area contributed by atoms with Gasteiger partial charge in [-0.15, -0.1) is 0 Å². The Bertz CT molecular complexity index is 1230. The Hall–Kier alpha value is -2.13. The Morgan fingerprint density at radius 2 is 0.915 bits per heavy atom. The Morgan fingerprint density at radius 1 is 0.596 bits per heavy atom. The van der Waals surface area contributed by atoms with E-state index < -0.39 is 101 Å². The predicted molar refractivity (Wildman–Crippen MR) is 111 cm³/mol. The van der Waals surface area contributed by atoms with E-state index in [-0.39, 0.29) is 17.4 Å². The van der Waals surface area contributed by atoms with Crippen LogP contribution in [0.5, 0.6) is 0 Å². The molecule has 0 saturated heterocycles. The molecule has 0 aliphatic heterocycles. The van der Waals surface area contributed by atoms with Crippen LogP contribution in [0.25, 0.3) is 0 Å². The summed E-state index contributed by atoms with van der Waals surface area (Å²) in [5, 5.41) is 8.70. The highest BCUT2D eigenvalue weighted by Crippen LogP contribution is 2.66. The predicted octanol–water partition coefficient (Wildman–Crippen LogP) is 6.13. The first kappa shape index (κ1) is 44.9. The second-order valence-corrected chi connectivity index (χ2v) is 12.3. The largest absolute Gasteiger partial charge is 0.477 e. The van der Waals surface area contributed by atoms with Crippen molar-refractivity contribution in [2.24, 2.45) is 0 Å². The summed E-state index contributed by atoms with van der Waals surface area (Å²) in [6.45, 7) is -1.58. The number of carbonyl (C=O) groups is 1. The van der Waals surface area contributed by atoms with Gasteiger partial charge < -0.3 is 9.59 Å². The number of likely N-dealkylation sites (N-methyl/N-ethyl adjacent to an activating group) is 1. The van der Waals surface area contributed by atoms with Gasteiger partial charge in [0.25, 0.3) is 0 Å². The minimum absolute atomic E-state index is 0.192. The Morgan fingerprint density at radius 3 is 1.23 bits per heavy atom. The molecule has 28 heteroatoms. The Balaban J connectivity index is 6.38. The van der Waals surface area contributed by atoms with Crippen molar-refractivity contribution in [3.05, 3.63) is 0 Å². The molecule has 0 rings (SSSR count). The summed E-state index contributed by atoms with van der Waals surface area (Å²) in [5.74, 6) is -82.3. The molecule has 2 N–H and O–H groups in total. The third kappa shape index (κ3) is 7.71. The standard InChI is InChI=1S/C19H19F21N2O4S/c1-42(2,8-9(43)44)6-3-5-41-47(45,46)7-4-10(20,21)11(22,23)12(24,25)13(26,27)14(28,29)15(30,31)16(32,33)17(34,35)18(36,37)19(38,39)40/h41H,3-8H2,1-2H3/p+1. The Kier molecular flexibility index (Phi) is 12.1. The van der Waals surface area contributed by atoms with Crippen LogP contribution < -0.4 is 4.72 Å². The molecule has 0 aromatic rings. The summed E-state index contributed by atoms with van der Waals surface area (Å²) in [6, 6.07) is 0. The number of hydrogen-bond donors (Lipinski definition) is 2. The highest BCUT2D eigenvalue weighted by atomic mass is 32.2. The lowest BCUT2D eigenvalue weighted by molar-refractivity contribution is -0.883. The fourth-order valence-electron chi connectivity index (χ4n) is 3.26. The lowest BCUT2D eigenvalue weighted by atomic mass is 9.86. The van der Waals surface area contributed by atoms with Gasteiger partial charge in [-0.05, 0) is 0 Å². The summed E-state index contributed by atoms with van der Waals surface area (Å²) in [6.07, 6.45) is -11.7. The molecule has 0 radical (unpaired) electrons. The molecule has 0 aliphatic carbocycles. The summed E-state index contributed by atoms with van der Waals surface area (Å²) >= 11 is 0. The number of hydrogen-bond acceptors (Lipinski definition) is 3. The zero-order valence-electron chi connectivity index (χ0n) is 22.7. The number of sulfonamides is 1. The van der Waals surface area contributed by atoms with Crippen LogP contribution >= 0.6 is 0 Å². The van der Waals surface area contributed by atoms with Gasteiger partial charge in [-0.2, -0.15) is 92.2 Å². The highest BCUT2D eigenvalue weighted by Gasteiger charge is 2.97. The van der Waals surface area contributed by atoms with Gasteiger partial charge in [-0.1, -0.05) is 0 Å². The van der Waals surface area contributed by atoms with E-state index in [1.807, 2.05) is 0 Å². The molecular formula is C19H20F21N2O4S+. The maximum Gasteiger partial charge on any atom is 0.460 e. The van der Waals surface area contributed by atoms with Crippen LogP contribution in [0.1, 0.15) is 12.8 Å². The maximum absolute atomic E-state index is 14.0. The molecule has 0 fully saturated rings. The molecule has 0 atom stereocenters. The molecule has 0 heterocycles. The van der Waals surface area contributed by atoms with Crippen LogP contribution in [-0.4, -0.2) is 123 Å². The quantitative estimate of drug-likeness (QED) is 0.1000. The first-order valence-corrected chi connectivity index (χ1v) is 13.2. The van der Waals surface area contributed by atoms with Gasteiger partial charge in [0, 0.05) is 19.4 Å². The molecule has 0 spiro atoms. The number of alkyl halides is 21.